The fourth-order valence-electron chi connectivity index (χ4n) is 3.88. The Hall–Kier alpha value is -5.39. The summed E-state index contributed by atoms with van der Waals surface area (Å²) in [5, 5.41) is 6.11. The average Bonchev–Trinajstić information content (AvgIpc) is 3.41. The number of aliphatic imine (C=N–C) groups is 2. The van der Waals surface area contributed by atoms with E-state index in [0.717, 1.165) is 17.5 Å². The molecular weight excluding hydrogens is 535 g/mol. The first-order chi connectivity index (χ1) is 20.2. The minimum atomic E-state index is -0.457. The van der Waals surface area contributed by atoms with Crippen LogP contribution in [0.1, 0.15) is 47.1 Å². The number of carbonyl (C=O) groups is 1. The topological polar surface area (TPSA) is 146 Å². The van der Waals surface area contributed by atoms with Crippen LogP contribution in [-0.2, 0) is 0 Å². The maximum Gasteiger partial charge on any atom is 0.270 e. The van der Waals surface area contributed by atoms with Gasteiger partial charge in [-0.1, -0.05) is 11.6 Å². The molecule has 4 rings (SSSR count). The molecular formula is C30H31FN10O. The molecule has 0 aliphatic heterocycles. The molecule has 0 fully saturated rings. The van der Waals surface area contributed by atoms with Crippen LogP contribution < -0.4 is 10.6 Å². The quantitative estimate of drug-likeness (QED) is 0.181. The van der Waals surface area contributed by atoms with E-state index in [1.165, 1.54) is 6.07 Å². The van der Waals surface area contributed by atoms with Gasteiger partial charge in [0.2, 0.25) is 0 Å². The number of hydrogen-bond acceptors (Lipinski definition) is 9. The van der Waals surface area contributed by atoms with E-state index in [1.54, 1.807) is 56.9 Å². The molecule has 0 aliphatic rings. The smallest absolute Gasteiger partial charge is 0.270 e. The highest BCUT2D eigenvalue weighted by atomic mass is 19.1. The van der Waals surface area contributed by atoms with E-state index < -0.39 is 5.82 Å². The van der Waals surface area contributed by atoms with Crippen molar-refractivity contribution in [3.63, 3.8) is 0 Å². The number of allylic oxidation sites excluding steroid dienone is 2. The van der Waals surface area contributed by atoms with Gasteiger partial charge in [0.15, 0.2) is 5.82 Å². The molecule has 0 saturated heterocycles. The third-order valence-corrected chi connectivity index (χ3v) is 6.25. The van der Waals surface area contributed by atoms with E-state index in [9.17, 15) is 9.18 Å². The van der Waals surface area contributed by atoms with Gasteiger partial charge >= 0.3 is 0 Å². The first-order valence-corrected chi connectivity index (χ1v) is 13.0. The molecule has 0 radical (unpaired) electrons. The number of anilines is 2. The Bertz CT molecular complexity index is 1690. The molecule has 214 valence electrons. The highest BCUT2D eigenvalue weighted by molar-refractivity contribution is 5.93. The normalized spacial score (nSPS) is 12.8. The Morgan fingerprint density at radius 2 is 1.90 bits per heavy atom. The largest absolute Gasteiger partial charge is 0.345 e. The van der Waals surface area contributed by atoms with Crippen LogP contribution in [-0.4, -0.2) is 61.8 Å². The molecule has 0 aliphatic carbocycles. The lowest BCUT2D eigenvalue weighted by Gasteiger charge is -2.14. The first-order valence-electron chi connectivity index (χ1n) is 13.0. The zero-order chi connectivity index (χ0) is 30.2. The highest BCUT2D eigenvalue weighted by Crippen LogP contribution is 2.21. The standard InChI is InChI=1S/C30H31FN10O/c1-17(7-9-24(33-6)23-12-22(31)14-34-20(23)4)19(3)38-30(42)25-10-8-21(13-35-25)29-37-18(2)11-26(41-29)39-28-16-36-27(40-28)15-32-5/h7-16,19H,6H2,1-5H3,(H,36,40)(H,38,42)(H,37,39,41)/b17-7+,24-9-,32-15?. The van der Waals surface area contributed by atoms with E-state index in [4.69, 9.17) is 0 Å². The van der Waals surface area contributed by atoms with E-state index in [2.05, 4.69) is 57.2 Å². The molecule has 1 unspecified atom stereocenters. The lowest BCUT2D eigenvalue weighted by Crippen LogP contribution is -2.33. The summed E-state index contributed by atoms with van der Waals surface area (Å²) >= 11 is 0. The number of amides is 1. The van der Waals surface area contributed by atoms with Crippen LogP contribution in [0.2, 0.25) is 0 Å². The summed E-state index contributed by atoms with van der Waals surface area (Å²) < 4.78 is 13.7. The third-order valence-electron chi connectivity index (χ3n) is 6.25. The molecule has 3 N–H and O–H groups in total. The third kappa shape index (κ3) is 7.42. The molecule has 1 amide bonds. The summed E-state index contributed by atoms with van der Waals surface area (Å²) in [7, 11) is 1.67. The van der Waals surface area contributed by atoms with Crippen molar-refractivity contribution < 1.29 is 9.18 Å². The van der Waals surface area contributed by atoms with Crippen molar-refractivity contribution >= 4 is 36.2 Å². The summed E-state index contributed by atoms with van der Waals surface area (Å²) in [6, 6.07) is 6.24. The second-order valence-corrected chi connectivity index (χ2v) is 9.45. The highest BCUT2D eigenvalue weighted by Gasteiger charge is 2.14. The van der Waals surface area contributed by atoms with Gasteiger partial charge < -0.3 is 15.6 Å². The van der Waals surface area contributed by atoms with Crippen molar-refractivity contribution in [2.24, 2.45) is 9.98 Å². The van der Waals surface area contributed by atoms with Crippen molar-refractivity contribution in [1.82, 2.24) is 35.2 Å². The average molecular weight is 567 g/mol. The van der Waals surface area contributed by atoms with Crippen LogP contribution >= 0.6 is 0 Å². The molecule has 0 bridgehead atoms. The van der Waals surface area contributed by atoms with Gasteiger partial charge in [0, 0.05) is 47.9 Å². The maximum absolute atomic E-state index is 13.7. The van der Waals surface area contributed by atoms with Crippen LogP contribution in [0.25, 0.3) is 17.1 Å². The van der Waals surface area contributed by atoms with Gasteiger partial charge in [-0.15, -0.1) is 0 Å². The molecule has 11 nitrogen and oxygen atoms in total. The number of H-pyrrole nitrogens is 1. The molecule has 1 atom stereocenters. The SMILES string of the molecule is C=N/C(=C\C=C(/C)C(C)NC(=O)c1ccc(-c2nc(C)cc(Nc3cnc(C=NC)[nH]3)n2)cn1)c1cc(F)cnc1C. The first kappa shape index (κ1) is 29.6. The number of aromatic amines is 1. The Morgan fingerprint density at radius 3 is 2.62 bits per heavy atom. The number of imidazole rings is 1. The molecule has 42 heavy (non-hydrogen) atoms. The van der Waals surface area contributed by atoms with E-state index >= 15 is 0 Å². The molecule has 0 spiro atoms. The summed E-state index contributed by atoms with van der Waals surface area (Å²) in [5.41, 5.74) is 4.17. The number of hydrogen-bond donors (Lipinski definition) is 3. The van der Waals surface area contributed by atoms with Crippen molar-refractivity contribution in [3.8, 4) is 11.4 Å². The van der Waals surface area contributed by atoms with E-state index in [1.807, 2.05) is 26.8 Å². The number of rotatable bonds is 10. The van der Waals surface area contributed by atoms with Crippen LogP contribution in [0.3, 0.4) is 0 Å². The van der Waals surface area contributed by atoms with Gasteiger partial charge in [0.05, 0.1) is 24.3 Å². The molecule has 0 aromatic carbocycles. The fraction of sp³-hybridized carbons (Fsp3) is 0.200. The molecule has 12 heteroatoms. The maximum atomic E-state index is 13.7. The van der Waals surface area contributed by atoms with Crippen LogP contribution in [0.5, 0.6) is 0 Å². The number of aromatic nitrogens is 6. The Kier molecular flexibility index (Phi) is 9.38. The van der Waals surface area contributed by atoms with Crippen molar-refractivity contribution in [2.75, 3.05) is 12.4 Å². The Balaban J connectivity index is 1.44. The van der Waals surface area contributed by atoms with Crippen molar-refractivity contribution in [2.45, 2.75) is 33.7 Å². The van der Waals surface area contributed by atoms with Crippen LogP contribution in [0.15, 0.2) is 70.6 Å². The fourth-order valence-corrected chi connectivity index (χ4v) is 3.88. The van der Waals surface area contributed by atoms with Gasteiger partial charge in [0.1, 0.15) is 29.0 Å². The van der Waals surface area contributed by atoms with Gasteiger partial charge in [-0.3, -0.25) is 24.7 Å². The van der Waals surface area contributed by atoms with E-state index in [-0.39, 0.29) is 17.6 Å². The zero-order valence-corrected chi connectivity index (χ0v) is 24.0. The van der Waals surface area contributed by atoms with E-state index in [0.29, 0.717) is 45.8 Å². The second kappa shape index (κ2) is 13.3. The van der Waals surface area contributed by atoms with Gasteiger partial charge in [-0.2, -0.15) is 0 Å². The summed E-state index contributed by atoms with van der Waals surface area (Å²) in [6.45, 7) is 11.0. The van der Waals surface area contributed by atoms with Crippen molar-refractivity contribution in [3.05, 3.63) is 94.9 Å². The number of nitrogens with zero attached hydrogens (tertiary/aromatic N) is 7. The number of aryl methyl sites for hydroxylation is 2. The van der Waals surface area contributed by atoms with Gasteiger partial charge in [-0.25, -0.2) is 19.3 Å². The summed E-state index contributed by atoms with van der Waals surface area (Å²) in [4.78, 5) is 45.6. The predicted molar refractivity (Wildman–Crippen MR) is 163 cm³/mol. The van der Waals surface area contributed by atoms with Crippen LogP contribution in [0.4, 0.5) is 16.0 Å². The second-order valence-electron chi connectivity index (χ2n) is 9.45. The Labute approximate surface area is 242 Å². The Morgan fingerprint density at radius 1 is 1.10 bits per heavy atom. The summed E-state index contributed by atoms with van der Waals surface area (Å²) in [5.74, 6) is 1.52. The van der Waals surface area contributed by atoms with Crippen LogP contribution in [0, 0.1) is 19.7 Å². The van der Waals surface area contributed by atoms with Gasteiger partial charge in [0.25, 0.3) is 5.91 Å². The number of nitrogens with one attached hydrogen (secondary N) is 3. The zero-order valence-electron chi connectivity index (χ0n) is 24.0. The minimum Gasteiger partial charge on any atom is -0.345 e. The molecule has 4 aromatic heterocycles. The molecule has 4 heterocycles. The molecule has 4 aromatic rings. The van der Waals surface area contributed by atoms with Gasteiger partial charge in [-0.05, 0) is 58.7 Å². The monoisotopic (exact) mass is 566 g/mol. The predicted octanol–water partition coefficient (Wildman–Crippen LogP) is 5.01. The number of pyridine rings is 2. The number of halogens is 1. The number of carbonyl (C=O) groups excluding carboxylic acids is 1. The summed E-state index contributed by atoms with van der Waals surface area (Å²) in [6.07, 6.45) is 9.51. The minimum absolute atomic E-state index is 0.248. The lowest BCUT2D eigenvalue weighted by atomic mass is 10.1. The molecule has 0 saturated carbocycles. The van der Waals surface area contributed by atoms with Crippen molar-refractivity contribution in [1.29, 1.82) is 0 Å². The lowest BCUT2D eigenvalue weighted by molar-refractivity contribution is 0.0940.